The Morgan fingerprint density at radius 3 is 2.21 bits per heavy atom. The second-order valence-electron chi connectivity index (χ2n) is 6.09. The van der Waals surface area contributed by atoms with E-state index in [2.05, 4.69) is 5.32 Å². The van der Waals surface area contributed by atoms with Gasteiger partial charge < -0.3 is 5.32 Å². The van der Waals surface area contributed by atoms with Gasteiger partial charge in [0.25, 0.3) is 5.69 Å². The molecule has 3 rings (SSSR count). The number of amides is 2. The van der Waals surface area contributed by atoms with Crippen molar-refractivity contribution in [2.75, 3.05) is 10.2 Å². The van der Waals surface area contributed by atoms with Crippen LogP contribution in [0.2, 0.25) is 5.02 Å². The third-order valence-corrected chi connectivity index (χ3v) is 4.43. The molecule has 0 fully saturated rings. The fraction of sp³-hybridized carbons (Fsp3) is 0.0476. The number of benzene rings is 3. The number of nitro groups is 1. The molecule has 2 amide bonds. The third kappa shape index (κ3) is 4.97. The highest BCUT2D eigenvalue weighted by Gasteiger charge is 2.25. The maximum Gasteiger partial charge on any atom is 0.316 e. The minimum Gasteiger partial charge on any atom is -0.316 e. The summed E-state index contributed by atoms with van der Waals surface area (Å²) in [6.07, 6.45) is 0. The normalized spacial score (nSPS) is 10.2. The molecule has 0 heterocycles. The van der Waals surface area contributed by atoms with Gasteiger partial charge in [-0.15, -0.1) is 0 Å². The highest BCUT2D eigenvalue weighted by Crippen LogP contribution is 2.27. The molecule has 0 saturated carbocycles. The van der Waals surface area contributed by atoms with Crippen LogP contribution in [0.15, 0.2) is 78.9 Å². The molecule has 0 atom stereocenters. The maximum absolute atomic E-state index is 12.9. The van der Waals surface area contributed by atoms with Crippen LogP contribution in [0.3, 0.4) is 0 Å². The lowest BCUT2D eigenvalue weighted by Gasteiger charge is -2.22. The number of non-ortho nitro benzene ring substituents is 1. The van der Waals surface area contributed by atoms with Gasteiger partial charge in [0.1, 0.15) is 0 Å². The van der Waals surface area contributed by atoms with Crippen molar-refractivity contribution in [2.24, 2.45) is 0 Å². The van der Waals surface area contributed by atoms with Crippen molar-refractivity contribution in [3.63, 3.8) is 0 Å². The molecule has 0 spiro atoms. The van der Waals surface area contributed by atoms with Crippen LogP contribution in [-0.4, -0.2) is 16.7 Å². The van der Waals surface area contributed by atoms with Crippen molar-refractivity contribution >= 4 is 40.5 Å². The van der Waals surface area contributed by atoms with Gasteiger partial charge in [-0.05, 0) is 23.8 Å². The molecule has 146 valence electrons. The average Bonchev–Trinajstić information content (AvgIpc) is 2.74. The van der Waals surface area contributed by atoms with Crippen LogP contribution in [0.25, 0.3) is 0 Å². The van der Waals surface area contributed by atoms with E-state index in [9.17, 15) is 19.7 Å². The molecule has 0 aromatic heterocycles. The van der Waals surface area contributed by atoms with Crippen LogP contribution < -0.4 is 10.2 Å². The summed E-state index contributed by atoms with van der Waals surface area (Å²) in [6.45, 7) is 0.180. The first-order chi connectivity index (χ1) is 14.0. The summed E-state index contributed by atoms with van der Waals surface area (Å²) >= 11 is 6.01. The second-order valence-corrected chi connectivity index (χ2v) is 6.50. The first-order valence-corrected chi connectivity index (χ1v) is 8.99. The van der Waals surface area contributed by atoms with Gasteiger partial charge in [0.2, 0.25) is 0 Å². The van der Waals surface area contributed by atoms with E-state index in [0.717, 1.165) is 11.6 Å². The summed E-state index contributed by atoms with van der Waals surface area (Å²) in [5, 5.41) is 13.4. The molecule has 0 bridgehead atoms. The van der Waals surface area contributed by atoms with Gasteiger partial charge >= 0.3 is 11.8 Å². The van der Waals surface area contributed by atoms with Crippen LogP contribution in [0.4, 0.5) is 17.1 Å². The SMILES string of the molecule is O=C(Nc1cc([N+](=O)[O-])ccc1Cl)C(=O)N(Cc1ccccc1)c1ccccc1. The number of para-hydroxylation sites is 1. The number of rotatable bonds is 5. The minimum absolute atomic E-state index is 0.00746. The zero-order valence-corrected chi connectivity index (χ0v) is 15.9. The number of nitrogens with one attached hydrogen (secondary N) is 1. The number of carbonyl (C=O) groups excluding carboxylic acids is 2. The lowest BCUT2D eigenvalue weighted by atomic mass is 10.2. The zero-order valence-electron chi connectivity index (χ0n) is 15.1. The molecular formula is C21H16ClN3O4. The highest BCUT2D eigenvalue weighted by molar-refractivity contribution is 6.45. The molecule has 3 aromatic rings. The van der Waals surface area contributed by atoms with E-state index in [1.165, 1.54) is 17.0 Å². The van der Waals surface area contributed by atoms with Crippen molar-refractivity contribution in [3.05, 3.63) is 99.6 Å². The number of hydrogen-bond donors (Lipinski definition) is 1. The Morgan fingerprint density at radius 1 is 0.966 bits per heavy atom. The molecule has 29 heavy (non-hydrogen) atoms. The fourth-order valence-electron chi connectivity index (χ4n) is 2.68. The number of nitro benzene ring substituents is 1. The smallest absolute Gasteiger partial charge is 0.316 e. The number of carbonyl (C=O) groups is 2. The highest BCUT2D eigenvalue weighted by atomic mass is 35.5. The molecule has 0 aliphatic carbocycles. The zero-order chi connectivity index (χ0) is 20.8. The summed E-state index contributed by atoms with van der Waals surface area (Å²) in [5.74, 6) is -1.77. The van der Waals surface area contributed by atoms with Gasteiger partial charge in [-0.3, -0.25) is 24.6 Å². The summed E-state index contributed by atoms with van der Waals surface area (Å²) in [6, 6.07) is 21.6. The fourth-order valence-corrected chi connectivity index (χ4v) is 2.84. The largest absolute Gasteiger partial charge is 0.316 e. The van der Waals surface area contributed by atoms with Crippen molar-refractivity contribution in [3.8, 4) is 0 Å². The van der Waals surface area contributed by atoms with Gasteiger partial charge in [-0.25, -0.2) is 0 Å². The van der Waals surface area contributed by atoms with E-state index < -0.39 is 16.7 Å². The summed E-state index contributed by atoms with van der Waals surface area (Å²) < 4.78 is 0. The first kappa shape index (κ1) is 20.0. The van der Waals surface area contributed by atoms with Gasteiger partial charge in [0.15, 0.2) is 0 Å². The summed E-state index contributed by atoms with van der Waals surface area (Å²) in [5.41, 5.74) is 1.13. The van der Waals surface area contributed by atoms with E-state index in [-0.39, 0.29) is 22.9 Å². The molecule has 0 radical (unpaired) electrons. The molecule has 0 unspecified atom stereocenters. The molecule has 3 aromatic carbocycles. The first-order valence-electron chi connectivity index (χ1n) is 8.61. The van der Waals surface area contributed by atoms with Crippen molar-refractivity contribution < 1.29 is 14.5 Å². The Morgan fingerprint density at radius 2 is 1.59 bits per heavy atom. The average molecular weight is 410 g/mol. The lowest BCUT2D eigenvalue weighted by molar-refractivity contribution is -0.384. The van der Waals surface area contributed by atoms with E-state index in [1.54, 1.807) is 30.3 Å². The number of nitrogens with zero attached hydrogens (tertiary/aromatic N) is 2. The Hall–Kier alpha value is -3.71. The molecule has 7 nitrogen and oxygen atoms in total. The van der Waals surface area contributed by atoms with Gasteiger partial charge in [-0.2, -0.15) is 0 Å². The second kappa shape index (κ2) is 8.99. The van der Waals surface area contributed by atoms with E-state index in [4.69, 9.17) is 11.6 Å². The quantitative estimate of drug-likeness (QED) is 0.383. The molecule has 0 aliphatic heterocycles. The van der Waals surface area contributed by atoms with Gasteiger partial charge in [0.05, 0.1) is 22.2 Å². The monoisotopic (exact) mass is 409 g/mol. The number of anilines is 2. The number of hydrogen-bond acceptors (Lipinski definition) is 4. The van der Waals surface area contributed by atoms with E-state index in [1.807, 2.05) is 30.3 Å². The van der Waals surface area contributed by atoms with E-state index in [0.29, 0.717) is 5.69 Å². The molecule has 0 saturated heterocycles. The van der Waals surface area contributed by atoms with Gasteiger partial charge in [0, 0.05) is 17.8 Å². The molecular weight excluding hydrogens is 394 g/mol. The predicted octanol–water partition coefficient (Wildman–Crippen LogP) is 4.42. The standard InChI is InChI=1S/C21H16ClN3O4/c22-18-12-11-17(25(28)29)13-19(18)23-20(26)21(27)24(16-9-5-2-6-10-16)14-15-7-3-1-4-8-15/h1-13H,14H2,(H,23,26). The molecule has 1 N–H and O–H groups in total. The Labute approximate surface area is 171 Å². The minimum atomic E-state index is -0.952. The summed E-state index contributed by atoms with van der Waals surface area (Å²) in [4.78, 5) is 37.2. The maximum atomic E-state index is 12.9. The van der Waals surface area contributed by atoms with Crippen molar-refractivity contribution in [1.29, 1.82) is 0 Å². The molecule has 0 aliphatic rings. The predicted molar refractivity (Wildman–Crippen MR) is 111 cm³/mol. The van der Waals surface area contributed by atoms with Crippen LogP contribution in [0.5, 0.6) is 0 Å². The van der Waals surface area contributed by atoms with Crippen LogP contribution >= 0.6 is 11.6 Å². The summed E-state index contributed by atoms with van der Waals surface area (Å²) in [7, 11) is 0. The molecule has 8 heteroatoms. The third-order valence-electron chi connectivity index (χ3n) is 4.10. The lowest BCUT2D eigenvalue weighted by Crippen LogP contribution is -2.39. The van der Waals surface area contributed by atoms with Crippen LogP contribution in [-0.2, 0) is 16.1 Å². The van der Waals surface area contributed by atoms with Crippen LogP contribution in [0.1, 0.15) is 5.56 Å². The van der Waals surface area contributed by atoms with Gasteiger partial charge in [-0.1, -0.05) is 60.1 Å². The topological polar surface area (TPSA) is 92.5 Å². The van der Waals surface area contributed by atoms with E-state index >= 15 is 0 Å². The Bertz CT molecular complexity index is 1040. The number of halogens is 1. The van der Waals surface area contributed by atoms with Crippen molar-refractivity contribution in [1.82, 2.24) is 0 Å². The Balaban J connectivity index is 1.86. The Kier molecular flexibility index (Phi) is 6.21. The van der Waals surface area contributed by atoms with Crippen molar-refractivity contribution in [2.45, 2.75) is 6.54 Å². The van der Waals surface area contributed by atoms with Crippen LogP contribution in [0, 0.1) is 10.1 Å².